The topological polar surface area (TPSA) is 98.4 Å². The van der Waals surface area contributed by atoms with E-state index in [1.165, 1.54) is 40.8 Å². The molecule has 5 rings (SSSR count). The Morgan fingerprint density at radius 3 is 2.71 bits per heavy atom. The number of hydrogen-bond donors (Lipinski definition) is 4. The molecule has 4 N–H and O–H groups in total. The Bertz CT molecular complexity index is 1300. The minimum absolute atomic E-state index is 0. The fourth-order valence-corrected chi connectivity index (χ4v) is 6.42. The molecule has 0 radical (unpaired) electrons. The Morgan fingerprint density at radius 1 is 1.17 bits per heavy atom. The third-order valence-corrected chi connectivity index (χ3v) is 8.75. The summed E-state index contributed by atoms with van der Waals surface area (Å²) in [6.45, 7) is 9.37. The summed E-state index contributed by atoms with van der Waals surface area (Å²) in [6.07, 6.45) is 13.7. The second kappa shape index (κ2) is 13.6. The van der Waals surface area contributed by atoms with Crippen molar-refractivity contribution in [2.75, 3.05) is 43.9 Å². The molecule has 8 nitrogen and oxygen atoms in total. The summed E-state index contributed by atoms with van der Waals surface area (Å²) in [5.74, 6) is -0.0409. The number of likely N-dealkylation sites (tertiary alicyclic amines) is 1. The van der Waals surface area contributed by atoms with Crippen LogP contribution in [0.4, 0.5) is 11.4 Å². The van der Waals surface area contributed by atoms with Crippen molar-refractivity contribution in [3.63, 3.8) is 0 Å². The molecule has 2 fully saturated rings. The van der Waals surface area contributed by atoms with Gasteiger partial charge in [-0.25, -0.2) is 0 Å². The number of hydrogen-bond acceptors (Lipinski definition) is 6. The Morgan fingerprint density at radius 2 is 2.00 bits per heavy atom. The van der Waals surface area contributed by atoms with E-state index in [2.05, 4.69) is 57.2 Å². The summed E-state index contributed by atoms with van der Waals surface area (Å²) in [5, 5.41) is 13.0. The first-order valence-corrected chi connectivity index (χ1v) is 14.9. The number of nitrogens with zero attached hydrogens (tertiary/aromatic N) is 2. The van der Waals surface area contributed by atoms with Gasteiger partial charge in [0.1, 0.15) is 0 Å². The second-order valence-electron chi connectivity index (χ2n) is 11.8. The molecule has 2 saturated heterocycles. The minimum atomic E-state index is -0.108. The Balaban J connectivity index is 0.00000242. The Kier molecular flexibility index (Phi) is 10.2. The number of aromatic nitrogens is 1. The SMILES string of the molecule is C.CNC/C(C1=CC2=C(C1)CC(C)C(C(=O)Nc1cc(NC(=O)CN3CCC[C@@H]3C)cnc1C)=C2)=C1/CCCCN1.[HH].[HH].[HH]. The summed E-state index contributed by atoms with van der Waals surface area (Å²) in [6, 6.07) is 2.24. The van der Waals surface area contributed by atoms with E-state index in [-0.39, 0.29) is 29.4 Å². The van der Waals surface area contributed by atoms with E-state index < -0.39 is 0 Å². The molecule has 2 amide bonds. The molecule has 8 heteroatoms. The van der Waals surface area contributed by atoms with E-state index in [1.807, 2.05) is 20.0 Å². The number of anilines is 2. The summed E-state index contributed by atoms with van der Waals surface area (Å²) in [5.41, 5.74) is 9.42. The number of allylic oxidation sites excluding steroid dienone is 5. The van der Waals surface area contributed by atoms with Gasteiger partial charge in [-0.15, -0.1) is 0 Å². The van der Waals surface area contributed by atoms with E-state index in [1.54, 1.807) is 6.20 Å². The van der Waals surface area contributed by atoms with Crippen molar-refractivity contribution in [3.05, 3.63) is 63.7 Å². The van der Waals surface area contributed by atoms with Crippen LogP contribution in [0.25, 0.3) is 0 Å². The quantitative estimate of drug-likeness (QED) is 0.310. The molecule has 4 aliphatic rings. The molecule has 0 saturated carbocycles. The molecule has 228 valence electrons. The first-order chi connectivity index (χ1) is 19.3. The van der Waals surface area contributed by atoms with Gasteiger partial charge in [-0.05, 0) is 107 Å². The van der Waals surface area contributed by atoms with Crippen LogP contribution in [0.15, 0.2) is 58.0 Å². The van der Waals surface area contributed by atoms with Gasteiger partial charge >= 0.3 is 0 Å². The van der Waals surface area contributed by atoms with Crippen LogP contribution in [0, 0.1) is 12.8 Å². The third-order valence-electron chi connectivity index (χ3n) is 8.75. The highest BCUT2D eigenvalue weighted by Gasteiger charge is 2.29. The average molecular weight is 567 g/mol. The van der Waals surface area contributed by atoms with Gasteiger partial charge in [0.15, 0.2) is 0 Å². The minimum Gasteiger partial charge on any atom is -0.388 e. The number of piperidine rings is 1. The zero-order chi connectivity index (χ0) is 28.2. The van der Waals surface area contributed by atoms with Gasteiger partial charge in [-0.1, -0.05) is 26.0 Å². The van der Waals surface area contributed by atoms with Crippen LogP contribution in [-0.4, -0.2) is 61.0 Å². The van der Waals surface area contributed by atoms with Crippen molar-refractivity contribution in [1.29, 1.82) is 0 Å². The number of pyridine rings is 1. The summed E-state index contributed by atoms with van der Waals surface area (Å²) >= 11 is 0. The van der Waals surface area contributed by atoms with Crippen molar-refractivity contribution in [2.24, 2.45) is 5.92 Å². The molecule has 0 aromatic carbocycles. The largest absolute Gasteiger partial charge is 0.388 e. The highest BCUT2D eigenvalue weighted by molar-refractivity contribution is 6.05. The van der Waals surface area contributed by atoms with Gasteiger partial charge in [0.05, 0.1) is 29.8 Å². The first kappa shape index (κ1) is 30.7. The predicted octanol–water partition coefficient (Wildman–Crippen LogP) is 5.97. The van der Waals surface area contributed by atoms with Crippen LogP contribution in [0.5, 0.6) is 0 Å². The van der Waals surface area contributed by atoms with Crippen molar-refractivity contribution < 1.29 is 13.9 Å². The lowest BCUT2D eigenvalue weighted by Crippen LogP contribution is -2.35. The van der Waals surface area contributed by atoms with Crippen LogP contribution in [0.1, 0.15) is 76.2 Å². The highest BCUT2D eigenvalue weighted by atomic mass is 16.2. The van der Waals surface area contributed by atoms with Crippen molar-refractivity contribution in [1.82, 2.24) is 20.5 Å². The summed E-state index contributed by atoms with van der Waals surface area (Å²) in [4.78, 5) is 32.8. The molecule has 0 bridgehead atoms. The van der Waals surface area contributed by atoms with Gasteiger partial charge in [-0.2, -0.15) is 0 Å². The van der Waals surface area contributed by atoms with E-state index in [0.717, 1.165) is 63.0 Å². The number of rotatable bonds is 8. The zero-order valence-corrected chi connectivity index (χ0v) is 24.5. The van der Waals surface area contributed by atoms with E-state index in [4.69, 9.17) is 0 Å². The maximum Gasteiger partial charge on any atom is 0.251 e. The lowest BCUT2D eigenvalue weighted by molar-refractivity contribution is -0.117. The number of carbonyl (C=O) groups excluding carboxylic acids is 2. The number of likely N-dealkylation sites (N-methyl/N-ethyl adjacent to an activating group) is 1. The summed E-state index contributed by atoms with van der Waals surface area (Å²) in [7, 11) is 2.00. The maximum absolute atomic E-state index is 13.5. The fraction of sp³-hybridized carbons (Fsp3) is 0.545. The van der Waals surface area contributed by atoms with Crippen LogP contribution in [0.2, 0.25) is 0 Å². The first-order valence-electron chi connectivity index (χ1n) is 14.9. The molecule has 2 aliphatic carbocycles. The van der Waals surface area contributed by atoms with Gasteiger partial charge in [0.2, 0.25) is 5.91 Å². The van der Waals surface area contributed by atoms with Crippen LogP contribution in [-0.2, 0) is 9.59 Å². The van der Waals surface area contributed by atoms with Crippen molar-refractivity contribution >= 4 is 23.2 Å². The lowest BCUT2D eigenvalue weighted by Gasteiger charge is -2.23. The molecule has 2 atom stereocenters. The van der Waals surface area contributed by atoms with Crippen molar-refractivity contribution in [2.45, 2.75) is 79.2 Å². The van der Waals surface area contributed by atoms with E-state index in [0.29, 0.717) is 24.0 Å². The van der Waals surface area contributed by atoms with Crippen LogP contribution >= 0.6 is 0 Å². The summed E-state index contributed by atoms with van der Waals surface area (Å²) < 4.78 is 0. The molecule has 1 aromatic rings. The Hall–Kier alpha value is -3.23. The van der Waals surface area contributed by atoms with Gasteiger partial charge in [0, 0.05) is 34.7 Å². The van der Waals surface area contributed by atoms with Gasteiger partial charge < -0.3 is 21.3 Å². The average Bonchev–Trinajstić information content (AvgIpc) is 3.54. The maximum atomic E-state index is 13.5. The molecule has 2 aliphatic heterocycles. The molecule has 3 heterocycles. The molecule has 0 spiro atoms. The monoisotopic (exact) mass is 566 g/mol. The van der Waals surface area contributed by atoms with Crippen LogP contribution in [0.3, 0.4) is 0 Å². The smallest absolute Gasteiger partial charge is 0.251 e. The standard InChI is InChI=1S/C32H44N6O2.CH4.3H2/c1-20-12-23-13-25(28(18-33-4)29-9-5-6-10-34-29)14-24(23)15-27(20)32(40)37-30-16-26(17-35-22(30)3)36-31(39)19-38-11-7-8-21(38)2;;;;/h14-17,20-21,33-34H,5-13,18-19H2,1-4H3,(H,36,39)(H,37,40);1H4;3*1H/b29-28+;;;;/t20?,21-;;;;/m0..../s1. The van der Waals surface area contributed by atoms with Gasteiger partial charge in [0.25, 0.3) is 5.91 Å². The molecule has 41 heavy (non-hydrogen) atoms. The van der Waals surface area contributed by atoms with Gasteiger partial charge in [-0.3, -0.25) is 19.5 Å². The zero-order valence-electron chi connectivity index (χ0n) is 24.5. The predicted molar refractivity (Wildman–Crippen MR) is 174 cm³/mol. The van der Waals surface area contributed by atoms with E-state index in [9.17, 15) is 9.59 Å². The molecule has 1 aromatic heterocycles. The number of amides is 2. The van der Waals surface area contributed by atoms with Crippen LogP contribution < -0.4 is 21.3 Å². The molecular weight excluding hydrogens is 512 g/mol. The lowest BCUT2D eigenvalue weighted by atomic mass is 9.84. The van der Waals surface area contributed by atoms with Crippen molar-refractivity contribution in [3.8, 4) is 0 Å². The molecule has 1 unspecified atom stereocenters. The normalized spacial score (nSPS) is 23.6. The highest BCUT2D eigenvalue weighted by Crippen LogP contribution is 2.41. The number of carbonyl (C=O) groups is 2. The number of aryl methyl sites for hydroxylation is 1. The Labute approximate surface area is 250 Å². The fourth-order valence-electron chi connectivity index (χ4n) is 6.42. The van der Waals surface area contributed by atoms with E-state index >= 15 is 0 Å². The third kappa shape index (κ3) is 7.16. The second-order valence-corrected chi connectivity index (χ2v) is 11.8. The molecular formula is C33H54N6O2. The number of nitrogens with one attached hydrogen (secondary N) is 4.